The van der Waals surface area contributed by atoms with Gasteiger partial charge in [0.05, 0.1) is 18.7 Å². The lowest BCUT2D eigenvalue weighted by molar-refractivity contribution is -0.136. The lowest BCUT2D eigenvalue weighted by Crippen LogP contribution is -2.37. The summed E-state index contributed by atoms with van der Waals surface area (Å²) in [5.41, 5.74) is 0.933. The summed E-state index contributed by atoms with van der Waals surface area (Å²) in [6, 6.07) is 4.96. The van der Waals surface area contributed by atoms with Crippen LogP contribution in [0.15, 0.2) is 24.3 Å². The fourth-order valence-corrected chi connectivity index (χ4v) is 3.77. The minimum atomic E-state index is -4.53. The first-order valence-electron chi connectivity index (χ1n) is 9.61. The molecule has 164 valence electrons. The molecule has 0 aliphatic carbocycles. The first-order valence-corrected chi connectivity index (χ1v) is 9.61. The van der Waals surface area contributed by atoms with Gasteiger partial charge in [0, 0.05) is 48.7 Å². The number of aliphatic hydroxyl groups excluding tert-OH is 1. The lowest BCUT2D eigenvalue weighted by atomic mass is 10.0. The fourth-order valence-electron chi connectivity index (χ4n) is 3.77. The van der Waals surface area contributed by atoms with Crippen molar-refractivity contribution < 1.29 is 27.9 Å². The minimum Gasteiger partial charge on any atom is -0.395 e. The molecule has 31 heavy (non-hydrogen) atoms. The first kappa shape index (κ1) is 20.9. The molecule has 3 aromatic rings. The SMILES string of the molecule is CN(CCO)C(=O)c1n[nH]c2c1CN(C(=O)c1cc3c(C(F)(F)F)cccc3[nH]1)CC2. The van der Waals surface area contributed by atoms with Crippen LogP contribution in [0.1, 0.15) is 37.8 Å². The second-order valence-electron chi connectivity index (χ2n) is 7.40. The van der Waals surface area contributed by atoms with E-state index in [0.29, 0.717) is 18.5 Å². The maximum Gasteiger partial charge on any atom is 0.417 e. The third-order valence-electron chi connectivity index (χ3n) is 5.41. The number of halogens is 3. The van der Waals surface area contributed by atoms with Crippen molar-refractivity contribution >= 4 is 22.7 Å². The zero-order valence-electron chi connectivity index (χ0n) is 16.6. The number of rotatable bonds is 4. The highest BCUT2D eigenvalue weighted by Gasteiger charge is 2.34. The summed E-state index contributed by atoms with van der Waals surface area (Å²) in [7, 11) is 1.54. The third-order valence-corrected chi connectivity index (χ3v) is 5.41. The van der Waals surface area contributed by atoms with Crippen LogP contribution in [0.4, 0.5) is 13.2 Å². The van der Waals surface area contributed by atoms with E-state index in [-0.39, 0.29) is 47.9 Å². The Morgan fingerprint density at radius 3 is 2.81 bits per heavy atom. The molecule has 0 atom stereocenters. The van der Waals surface area contributed by atoms with Gasteiger partial charge in [-0.15, -0.1) is 0 Å². The molecule has 0 fully saturated rings. The van der Waals surface area contributed by atoms with Crippen molar-refractivity contribution in [3.63, 3.8) is 0 Å². The number of aromatic nitrogens is 3. The number of nitrogens with zero attached hydrogens (tertiary/aromatic N) is 3. The largest absolute Gasteiger partial charge is 0.417 e. The van der Waals surface area contributed by atoms with Gasteiger partial charge in [0.2, 0.25) is 0 Å². The average Bonchev–Trinajstić information content (AvgIpc) is 3.35. The number of fused-ring (bicyclic) bond motifs is 2. The predicted molar refractivity (Wildman–Crippen MR) is 104 cm³/mol. The Balaban J connectivity index is 1.61. The van der Waals surface area contributed by atoms with Crippen LogP contribution in [-0.4, -0.2) is 68.6 Å². The molecule has 2 amide bonds. The predicted octanol–water partition coefficient (Wildman–Crippen LogP) is 2.17. The van der Waals surface area contributed by atoms with E-state index in [4.69, 9.17) is 5.11 Å². The van der Waals surface area contributed by atoms with Crippen LogP contribution in [0, 0.1) is 0 Å². The molecule has 1 aliphatic rings. The van der Waals surface area contributed by atoms with Crippen LogP contribution >= 0.6 is 0 Å². The molecule has 0 radical (unpaired) electrons. The minimum absolute atomic E-state index is 0.0453. The topological polar surface area (TPSA) is 105 Å². The number of aromatic amines is 2. The van der Waals surface area contributed by atoms with E-state index in [1.54, 1.807) is 0 Å². The summed E-state index contributed by atoms with van der Waals surface area (Å²) >= 11 is 0. The van der Waals surface area contributed by atoms with Crippen molar-refractivity contribution in [3.05, 3.63) is 52.5 Å². The van der Waals surface area contributed by atoms with E-state index >= 15 is 0 Å². The Kier molecular flexibility index (Phi) is 5.21. The van der Waals surface area contributed by atoms with E-state index in [2.05, 4.69) is 15.2 Å². The number of hydrogen-bond acceptors (Lipinski definition) is 4. The number of carbonyl (C=O) groups excluding carboxylic acids is 2. The van der Waals surface area contributed by atoms with Crippen molar-refractivity contribution in [1.82, 2.24) is 25.0 Å². The Morgan fingerprint density at radius 1 is 1.32 bits per heavy atom. The van der Waals surface area contributed by atoms with E-state index < -0.39 is 17.6 Å². The van der Waals surface area contributed by atoms with Gasteiger partial charge in [0.1, 0.15) is 5.69 Å². The maximum atomic E-state index is 13.3. The second-order valence-corrected chi connectivity index (χ2v) is 7.40. The summed E-state index contributed by atoms with van der Waals surface area (Å²) in [6.45, 7) is 0.370. The number of amides is 2. The summed E-state index contributed by atoms with van der Waals surface area (Å²) in [5.74, 6) is -0.848. The van der Waals surface area contributed by atoms with Gasteiger partial charge in [0.15, 0.2) is 5.69 Å². The van der Waals surface area contributed by atoms with Gasteiger partial charge in [-0.05, 0) is 18.2 Å². The lowest BCUT2D eigenvalue weighted by Gasteiger charge is -2.27. The van der Waals surface area contributed by atoms with Crippen molar-refractivity contribution in [2.75, 3.05) is 26.7 Å². The summed E-state index contributed by atoms with van der Waals surface area (Å²) in [6.07, 6.45) is -4.10. The Labute approximate surface area is 174 Å². The zero-order chi connectivity index (χ0) is 22.3. The Hall–Kier alpha value is -3.34. The molecule has 0 bridgehead atoms. The van der Waals surface area contributed by atoms with Crippen LogP contribution < -0.4 is 0 Å². The summed E-state index contributed by atoms with van der Waals surface area (Å²) in [4.78, 5) is 31.2. The fraction of sp³-hybridized carbons (Fsp3) is 0.350. The number of benzene rings is 1. The number of hydrogen-bond donors (Lipinski definition) is 3. The molecule has 11 heteroatoms. The standard InChI is InChI=1S/C20H20F3N5O3/c1-27(7-8-29)19(31)17-12-10-28(6-5-15(12)25-26-17)18(30)16-9-11-13(20(21,22)23)3-2-4-14(11)24-16/h2-4,9,24,29H,5-8,10H2,1H3,(H,25,26). The Morgan fingerprint density at radius 2 is 2.10 bits per heavy atom. The number of aliphatic hydroxyl groups is 1. The molecule has 0 spiro atoms. The van der Waals surface area contributed by atoms with Gasteiger partial charge in [-0.2, -0.15) is 18.3 Å². The first-order chi connectivity index (χ1) is 14.7. The quantitative estimate of drug-likeness (QED) is 0.584. The molecule has 0 unspecified atom stereocenters. The highest BCUT2D eigenvalue weighted by atomic mass is 19.4. The normalized spacial score (nSPS) is 14.0. The maximum absolute atomic E-state index is 13.3. The van der Waals surface area contributed by atoms with Gasteiger partial charge in [0.25, 0.3) is 11.8 Å². The number of carbonyl (C=O) groups is 2. The van der Waals surface area contributed by atoms with Gasteiger partial charge < -0.3 is 19.9 Å². The van der Waals surface area contributed by atoms with Gasteiger partial charge >= 0.3 is 6.18 Å². The van der Waals surface area contributed by atoms with Gasteiger partial charge in [-0.3, -0.25) is 14.7 Å². The van der Waals surface area contributed by atoms with Crippen molar-refractivity contribution in [1.29, 1.82) is 0 Å². The van der Waals surface area contributed by atoms with Crippen molar-refractivity contribution in [2.24, 2.45) is 0 Å². The molecule has 0 saturated carbocycles. The molecule has 3 heterocycles. The van der Waals surface area contributed by atoms with E-state index in [1.807, 2.05) is 0 Å². The van der Waals surface area contributed by atoms with Crippen molar-refractivity contribution in [3.8, 4) is 0 Å². The zero-order valence-corrected chi connectivity index (χ0v) is 16.6. The smallest absolute Gasteiger partial charge is 0.395 e. The average molecular weight is 435 g/mol. The molecular formula is C20H20F3N5O3. The second kappa shape index (κ2) is 7.73. The van der Waals surface area contributed by atoms with Crippen LogP contribution in [-0.2, 0) is 19.1 Å². The third kappa shape index (κ3) is 3.76. The number of likely N-dealkylation sites (N-methyl/N-ethyl adjacent to an activating group) is 1. The number of nitrogens with one attached hydrogen (secondary N) is 2. The highest BCUT2D eigenvalue weighted by molar-refractivity contribution is 5.99. The molecule has 0 saturated heterocycles. The molecule has 3 N–H and O–H groups in total. The van der Waals surface area contributed by atoms with Crippen LogP contribution in [0.5, 0.6) is 0 Å². The van der Waals surface area contributed by atoms with Crippen LogP contribution in [0.3, 0.4) is 0 Å². The highest BCUT2D eigenvalue weighted by Crippen LogP contribution is 2.35. The molecular weight excluding hydrogens is 415 g/mol. The molecule has 2 aromatic heterocycles. The summed E-state index contributed by atoms with van der Waals surface area (Å²) in [5, 5.41) is 15.9. The molecule has 4 rings (SSSR count). The number of alkyl halides is 3. The van der Waals surface area contributed by atoms with E-state index in [1.165, 1.54) is 35.0 Å². The van der Waals surface area contributed by atoms with Gasteiger partial charge in [-0.25, -0.2) is 0 Å². The molecule has 1 aliphatic heterocycles. The van der Waals surface area contributed by atoms with E-state index in [0.717, 1.165) is 11.8 Å². The van der Waals surface area contributed by atoms with E-state index in [9.17, 15) is 22.8 Å². The summed E-state index contributed by atoms with van der Waals surface area (Å²) < 4.78 is 39.8. The van der Waals surface area contributed by atoms with Gasteiger partial charge in [-0.1, -0.05) is 6.07 Å². The van der Waals surface area contributed by atoms with Crippen molar-refractivity contribution in [2.45, 2.75) is 19.1 Å². The van der Waals surface area contributed by atoms with Crippen LogP contribution in [0.2, 0.25) is 0 Å². The molecule has 1 aromatic carbocycles. The Bertz CT molecular complexity index is 1150. The van der Waals surface area contributed by atoms with Crippen LogP contribution in [0.25, 0.3) is 10.9 Å². The number of H-pyrrole nitrogens is 2. The molecule has 8 nitrogen and oxygen atoms in total. The monoisotopic (exact) mass is 435 g/mol.